The van der Waals surface area contributed by atoms with Gasteiger partial charge >= 0.3 is 0 Å². The molecule has 1 aliphatic heterocycles. The number of halogens is 2. The monoisotopic (exact) mass is 408 g/mol. The molecule has 30 heavy (non-hydrogen) atoms. The molecule has 1 aliphatic rings. The van der Waals surface area contributed by atoms with Crippen molar-refractivity contribution in [3.63, 3.8) is 0 Å². The molecule has 0 aliphatic carbocycles. The summed E-state index contributed by atoms with van der Waals surface area (Å²) in [6.45, 7) is 2.78. The van der Waals surface area contributed by atoms with Gasteiger partial charge in [0.1, 0.15) is 17.5 Å². The van der Waals surface area contributed by atoms with E-state index in [0.29, 0.717) is 11.3 Å². The van der Waals surface area contributed by atoms with Crippen molar-refractivity contribution in [2.45, 2.75) is 25.2 Å². The van der Waals surface area contributed by atoms with Crippen molar-refractivity contribution >= 4 is 21.8 Å². The molecule has 2 aromatic heterocycles. The molecule has 0 bridgehead atoms. The van der Waals surface area contributed by atoms with Crippen molar-refractivity contribution in [3.05, 3.63) is 76.0 Å². The quantitative estimate of drug-likeness (QED) is 0.534. The Bertz CT molecular complexity index is 1270. The molecule has 0 radical (unpaired) electrons. The molecular formula is C23H22F2N4O. The summed E-state index contributed by atoms with van der Waals surface area (Å²) in [6, 6.07) is 8.97. The first-order valence-electron chi connectivity index (χ1n) is 10.2. The van der Waals surface area contributed by atoms with Crippen LogP contribution in [-0.4, -0.2) is 39.5 Å². The Morgan fingerprint density at radius 1 is 1.03 bits per heavy atom. The smallest absolute Gasteiger partial charge is 0.258 e. The minimum Gasteiger partial charge on any atom is -0.361 e. The average molecular weight is 408 g/mol. The van der Waals surface area contributed by atoms with Gasteiger partial charge in [-0.3, -0.25) is 4.79 Å². The van der Waals surface area contributed by atoms with E-state index < -0.39 is 5.82 Å². The van der Waals surface area contributed by atoms with Gasteiger partial charge < -0.3 is 14.9 Å². The highest BCUT2D eigenvalue weighted by Gasteiger charge is 2.23. The first kappa shape index (κ1) is 18.9. The van der Waals surface area contributed by atoms with Crippen LogP contribution in [0.2, 0.25) is 0 Å². The molecule has 1 fully saturated rings. The van der Waals surface area contributed by atoms with Crippen molar-refractivity contribution in [2.24, 2.45) is 0 Å². The van der Waals surface area contributed by atoms with Crippen LogP contribution in [0.3, 0.4) is 0 Å². The Balaban J connectivity index is 1.23. The molecule has 7 heteroatoms. The van der Waals surface area contributed by atoms with Gasteiger partial charge in [0.2, 0.25) is 0 Å². The summed E-state index contributed by atoms with van der Waals surface area (Å²) < 4.78 is 26.7. The summed E-state index contributed by atoms with van der Waals surface area (Å²) in [5.41, 5.74) is 2.27. The number of hydrogen-bond donors (Lipinski definition) is 2. The van der Waals surface area contributed by atoms with Gasteiger partial charge in [0, 0.05) is 29.6 Å². The zero-order valence-corrected chi connectivity index (χ0v) is 16.4. The van der Waals surface area contributed by atoms with E-state index in [2.05, 4.69) is 19.9 Å². The van der Waals surface area contributed by atoms with E-state index in [1.54, 1.807) is 6.07 Å². The molecule has 0 amide bonds. The van der Waals surface area contributed by atoms with Gasteiger partial charge in [0.15, 0.2) is 0 Å². The SMILES string of the molecule is O=c1[nH]c(C2CCN(CCc3c[nH]c4cc(F)ccc34)CC2)nc2ccc(F)cc12. The normalized spacial score (nSPS) is 15.9. The topological polar surface area (TPSA) is 64.8 Å². The Hall–Kier alpha value is -3.06. The van der Waals surface area contributed by atoms with Gasteiger partial charge in [-0.1, -0.05) is 0 Å². The highest BCUT2D eigenvalue weighted by molar-refractivity contribution is 5.83. The molecule has 1 saturated heterocycles. The van der Waals surface area contributed by atoms with Crippen molar-refractivity contribution in [1.82, 2.24) is 19.9 Å². The van der Waals surface area contributed by atoms with E-state index in [4.69, 9.17) is 0 Å². The molecule has 2 aromatic carbocycles. The second-order valence-electron chi connectivity index (χ2n) is 7.98. The summed E-state index contributed by atoms with van der Waals surface area (Å²) in [5.74, 6) is 0.219. The molecule has 5 nitrogen and oxygen atoms in total. The van der Waals surface area contributed by atoms with E-state index in [0.717, 1.165) is 49.8 Å². The van der Waals surface area contributed by atoms with Gasteiger partial charge in [0.25, 0.3) is 5.56 Å². The van der Waals surface area contributed by atoms with Crippen LogP contribution in [0.25, 0.3) is 21.8 Å². The largest absolute Gasteiger partial charge is 0.361 e. The number of likely N-dealkylation sites (tertiary alicyclic amines) is 1. The van der Waals surface area contributed by atoms with Crippen molar-refractivity contribution in [1.29, 1.82) is 0 Å². The fourth-order valence-electron chi connectivity index (χ4n) is 4.40. The van der Waals surface area contributed by atoms with Crippen LogP contribution in [0.15, 0.2) is 47.4 Å². The first-order valence-corrected chi connectivity index (χ1v) is 10.2. The van der Waals surface area contributed by atoms with Gasteiger partial charge in [-0.2, -0.15) is 0 Å². The highest BCUT2D eigenvalue weighted by Crippen LogP contribution is 2.27. The molecule has 0 atom stereocenters. The number of rotatable bonds is 4. The van der Waals surface area contributed by atoms with Crippen molar-refractivity contribution in [2.75, 3.05) is 19.6 Å². The fourth-order valence-corrected chi connectivity index (χ4v) is 4.40. The molecular weight excluding hydrogens is 386 g/mol. The lowest BCUT2D eigenvalue weighted by Gasteiger charge is -2.31. The van der Waals surface area contributed by atoms with Crippen LogP contribution in [0.5, 0.6) is 0 Å². The number of benzene rings is 2. The predicted molar refractivity (Wildman–Crippen MR) is 113 cm³/mol. The third-order valence-corrected chi connectivity index (χ3v) is 6.09. The lowest BCUT2D eigenvalue weighted by atomic mass is 9.95. The number of hydrogen-bond acceptors (Lipinski definition) is 3. The zero-order chi connectivity index (χ0) is 20.7. The summed E-state index contributed by atoms with van der Waals surface area (Å²) in [5, 5.41) is 1.36. The van der Waals surface area contributed by atoms with Crippen LogP contribution in [0.4, 0.5) is 8.78 Å². The number of fused-ring (bicyclic) bond motifs is 2. The number of aromatic amines is 2. The van der Waals surface area contributed by atoms with E-state index in [9.17, 15) is 13.6 Å². The Labute approximate surface area is 171 Å². The van der Waals surface area contributed by atoms with Crippen LogP contribution in [-0.2, 0) is 6.42 Å². The van der Waals surface area contributed by atoms with Gasteiger partial charge in [-0.15, -0.1) is 0 Å². The number of H-pyrrole nitrogens is 2. The van der Waals surface area contributed by atoms with E-state index in [1.807, 2.05) is 12.3 Å². The van der Waals surface area contributed by atoms with Crippen LogP contribution in [0, 0.1) is 11.6 Å². The highest BCUT2D eigenvalue weighted by atomic mass is 19.1. The van der Waals surface area contributed by atoms with Gasteiger partial charge in [-0.05, 0) is 74.3 Å². The Morgan fingerprint density at radius 3 is 2.63 bits per heavy atom. The Morgan fingerprint density at radius 2 is 1.80 bits per heavy atom. The van der Waals surface area contributed by atoms with Gasteiger partial charge in [0.05, 0.1) is 10.9 Å². The third-order valence-electron chi connectivity index (χ3n) is 6.09. The third kappa shape index (κ3) is 3.61. The maximum atomic E-state index is 13.4. The summed E-state index contributed by atoms with van der Waals surface area (Å²) in [4.78, 5) is 25.3. The molecule has 5 rings (SSSR count). The molecule has 0 spiro atoms. The molecule has 4 aromatic rings. The van der Waals surface area contributed by atoms with Gasteiger partial charge in [-0.25, -0.2) is 13.8 Å². The van der Waals surface area contributed by atoms with E-state index in [-0.39, 0.29) is 22.7 Å². The van der Waals surface area contributed by atoms with Crippen LogP contribution < -0.4 is 5.56 Å². The zero-order valence-electron chi connectivity index (χ0n) is 16.4. The van der Waals surface area contributed by atoms with E-state index in [1.165, 1.54) is 29.8 Å². The summed E-state index contributed by atoms with van der Waals surface area (Å²) >= 11 is 0. The maximum absolute atomic E-state index is 13.4. The second-order valence-corrected chi connectivity index (χ2v) is 7.98. The number of nitrogens with zero attached hydrogens (tertiary/aromatic N) is 2. The van der Waals surface area contributed by atoms with E-state index >= 15 is 0 Å². The minimum atomic E-state index is -0.434. The van der Waals surface area contributed by atoms with Crippen molar-refractivity contribution in [3.8, 4) is 0 Å². The summed E-state index contributed by atoms with van der Waals surface area (Å²) in [7, 11) is 0. The Kier molecular flexibility index (Phi) is 4.83. The average Bonchev–Trinajstić information content (AvgIpc) is 3.15. The maximum Gasteiger partial charge on any atom is 0.258 e. The second kappa shape index (κ2) is 7.65. The summed E-state index contributed by atoms with van der Waals surface area (Å²) in [6.07, 6.45) is 4.68. The fraction of sp³-hybridized carbons (Fsp3) is 0.304. The standard InChI is InChI=1S/C23H22F2N4O/c24-16-2-4-20-19(11-16)23(30)28-22(27-20)14-5-8-29(9-6-14)10-7-15-13-26-21-12-17(25)1-3-18(15)21/h1-4,11-14,26H,5-10H2,(H,27,28,30). The molecule has 0 unspecified atom stereocenters. The molecule has 0 saturated carbocycles. The minimum absolute atomic E-state index is 0.194. The molecule has 2 N–H and O–H groups in total. The van der Waals surface area contributed by atoms with Crippen LogP contribution >= 0.6 is 0 Å². The van der Waals surface area contributed by atoms with Crippen molar-refractivity contribution < 1.29 is 8.78 Å². The molecule has 154 valence electrons. The lowest BCUT2D eigenvalue weighted by molar-refractivity contribution is 0.211. The lowest BCUT2D eigenvalue weighted by Crippen LogP contribution is -2.35. The van der Waals surface area contributed by atoms with Crippen LogP contribution in [0.1, 0.15) is 30.1 Å². The predicted octanol–water partition coefficient (Wildman–Crippen LogP) is 4.10. The number of nitrogens with one attached hydrogen (secondary N) is 2. The molecule has 3 heterocycles. The number of piperidine rings is 1. The first-order chi connectivity index (χ1) is 14.6. The number of aromatic nitrogens is 3.